The summed E-state index contributed by atoms with van der Waals surface area (Å²) >= 11 is 10.9. The summed E-state index contributed by atoms with van der Waals surface area (Å²) in [6.45, 7) is 4.28. The second-order valence-electron chi connectivity index (χ2n) is 5.58. The van der Waals surface area contributed by atoms with Gasteiger partial charge in [0.1, 0.15) is 5.82 Å². The zero-order valence-corrected chi connectivity index (χ0v) is 16.1. The molecule has 1 aromatic carbocycles. The number of fused-ring (bicyclic) bond motifs is 1. The van der Waals surface area contributed by atoms with Gasteiger partial charge in [0.25, 0.3) is 0 Å². The van der Waals surface area contributed by atoms with Gasteiger partial charge in [0.15, 0.2) is 0 Å². The van der Waals surface area contributed by atoms with Gasteiger partial charge in [-0.3, -0.25) is 0 Å². The van der Waals surface area contributed by atoms with Crippen molar-refractivity contribution in [3.63, 3.8) is 0 Å². The zero-order chi connectivity index (χ0) is 15.0. The number of rotatable bonds is 4. The van der Waals surface area contributed by atoms with E-state index in [0.717, 1.165) is 11.3 Å². The molecule has 3 atom stereocenters. The van der Waals surface area contributed by atoms with Crippen LogP contribution in [0.15, 0.2) is 18.2 Å². The van der Waals surface area contributed by atoms with Gasteiger partial charge in [-0.25, -0.2) is 4.98 Å². The quantitative estimate of drug-likeness (QED) is 0.448. The number of aromatic nitrogens is 2. The van der Waals surface area contributed by atoms with Crippen LogP contribution in [0, 0.1) is 3.57 Å². The summed E-state index contributed by atoms with van der Waals surface area (Å²) in [4.78, 5) is 4.83. The number of thioether (sulfide) groups is 1. The third-order valence-electron chi connectivity index (χ3n) is 4.16. The highest BCUT2D eigenvalue weighted by Crippen LogP contribution is 2.42. The molecule has 5 heteroatoms. The third kappa shape index (κ3) is 3.08. The number of imidazole rings is 1. The Morgan fingerprint density at radius 1 is 1.48 bits per heavy atom. The molecule has 0 bridgehead atoms. The van der Waals surface area contributed by atoms with Gasteiger partial charge in [-0.15, -0.1) is 11.6 Å². The first-order chi connectivity index (χ1) is 10.1. The van der Waals surface area contributed by atoms with Gasteiger partial charge in [-0.2, -0.15) is 11.8 Å². The molecule has 3 rings (SSSR count). The van der Waals surface area contributed by atoms with E-state index in [1.165, 1.54) is 34.1 Å². The summed E-state index contributed by atoms with van der Waals surface area (Å²) in [7, 11) is 0. The molecule has 0 amide bonds. The molecule has 1 aromatic heterocycles. The van der Waals surface area contributed by atoms with Crippen molar-refractivity contribution in [2.45, 2.75) is 49.8 Å². The van der Waals surface area contributed by atoms with Gasteiger partial charge in [-0.05, 0) is 66.3 Å². The SMILES string of the molecule is CCSC1CCCC1n1c(C(C)Cl)nc2cc(I)ccc21. The lowest BCUT2D eigenvalue weighted by Crippen LogP contribution is -2.19. The van der Waals surface area contributed by atoms with E-state index in [1.54, 1.807) is 0 Å². The standard InChI is InChI=1S/C16H20ClIN2S/c1-3-21-15-6-4-5-14(15)20-13-8-7-11(18)9-12(13)19-16(20)10(2)17/h7-10,14-15H,3-6H2,1-2H3. The number of halogens is 2. The molecular weight excluding hydrogens is 415 g/mol. The first-order valence-electron chi connectivity index (χ1n) is 7.55. The molecule has 3 unspecified atom stereocenters. The molecule has 1 saturated carbocycles. The van der Waals surface area contributed by atoms with Gasteiger partial charge in [0, 0.05) is 14.9 Å². The van der Waals surface area contributed by atoms with E-state index < -0.39 is 0 Å². The summed E-state index contributed by atoms with van der Waals surface area (Å²) in [5, 5.41) is 0.642. The highest BCUT2D eigenvalue weighted by atomic mass is 127. The fourth-order valence-electron chi connectivity index (χ4n) is 3.33. The molecular formula is C16H20ClIN2S. The van der Waals surface area contributed by atoms with Crippen LogP contribution >= 0.6 is 46.0 Å². The Morgan fingerprint density at radius 3 is 3.00 bits per heavy atom. The zero-order valence-electron chi connectivity index (χ0n) is 12.4. The molecule has 0 aliphatic heterocycles. The van der Waals surface area contributed by atoms with Crippen LogP contribution in [0.25, 0.3) is 11.0 Å². The van der Waals surface area contributed by atoms with Crippen molar-refractivity contribution in [1.29, 1.82) is 0 Å². The lowest BCUT2D eigenvalue weighted by molar-refractivity contribution is 0.519. The Balaban J connectivity index is 2.13. The minimum Gasteiger partial charge on any atom is -0.322 e. The van der Waals surface area contributed by atoms with Gasteiger partial charge in [-0.1, -0.05) is 13.3 Å². The van der Waals surface area contributed by atoms with Crippen molar-refractivity contribution in [3.05, 3.63) is 27.6 Å². The average molecular weight is 435 g/mol. The second kappa shape index (κ2) is 6.67. The van der Waals surface area contributed by atoms with Crippen molar-refractivity contribution >= 4 is 57.0 Å². The molecule has 114 valence electrons. The van der Waals surface area contributed by atoms with Gasteiger partial charge in [0.2, 0.25) is 0 Å². The van der Waals surface area contributed by atoms with E-state index in [2.05, 4.69) is 64.0 Å². The van der Waals surface area contributed by atoms with Crippen LogP contribution < -0.4 is 0 Å². The van der Waals surface area contributed by atoms with Gasteiger partial charge < -0.3 is 4.57 Å². The molecule has 0 radical (unpaired) electrons. The maximum Gasteiger partial charge on any atom is 0.128 e. The van der Waals surface area contributed by atoms with Crippen molar-refractivity contribution in [3.8, 4) is 0 Å². The monoisotopic (exact) mass is 434 g/mol. The van der Waals surface area contributed by atoms with Gasteiger partial charge in [0.05, 0.1) is 16.4 Å². The lowest BCUT2D eigenvalue weighted by atomic mass is 10.2. The highest BCUT2D eigenvalue weighted by Gasteiger charge is 2.32. The van der Waals surface area contributed by atoms with E-state index in [1.807, 2.05) is 6.92 Å². The predicted molar refractivity (Wildman–Crippen MR) is 102 cm³/mol. The molecule has 1 fully saturated rings. The molecule has 0 N–H and O–H groups in total. The number of hydrogen-bond acceptors (Lipinski definition) is 2. The van der Waals surface area contributed by atoms with Crippen LogP contribution in [0.5, 0.6) is 0 Å². The van der Waals surface area contributed by atoms with E-state index in [0.29, 0.717) is 11.3 Å². The summed E-state index contributed by atoms with van der Waals surface area (Å²) in [5.41, 5.74) is 2.32. The van der Waals surface area contributed by atoms with Crippen LogP contribution in [0.3, 0.4) is 0 Å². The van der Waals surface area contributed by atoms with Crippen LogP contribution in [0.2, 0.25) is 0 Å². The number of nitrogens with zero attached hydrogens (tertiary/aromatic N) is 2. The van der Waals surface area contributed by atoms with E-state index in [-0.39, 0.29) is 5.38 Å². The molecule has 1 aliphatic carbocycles. The first kappa shape index (κ1) is 15.9. The smallest absolute Gasteiger partial charge is 0.128 e. The van der Waals surface area contributed by atoms with Crippen molar-refractivity contribution in [2.24, 2.45) is 0 Å². The van der Waals surface area contributed by atoms with E-state index in [4.69, 9.17) is 16.6 Å². The predicted octanol–water partition coefficient (Wildman–Crippen LogP) is 5.79. The topological polar surface area (TPSA) is 17.8 Å². The van der Waals surface area contributed by atoms with Crippen molar-refractivity contribution < 1.29 is 0 Å². The minimum absolute atomic E-state index is 0.0528. The lowest BCUT2D eigenvalue weighted by Gasteiger charge is -2.24. The fraction of sp³-hybridized carbons (Fsp3) is 0.562. The van der Waals surface area contributed by atoms with Crippen molar-refractivity contribution in [1.82, 2.24) is 9.55 Å². The molecule has 1 heterocycles. The van der Waals surface area contributed by atoms with Crippen LogP contribution in [-0.4, -0.2) is 20.6 Å². The molecule has 2 aromatic rings. The second-order valence-corrected chi connectivity index (χ2v) is 9.00. The average Bonchev–Trinajstić information content (AvgIpc) is 3.02. The molecule has 0 saturated heterocycles. The van der Waals surface area contributed by atoms with Crippen LogP contribution in [-0.2, 0) is 0 Å². The maximum absolute atomic E-state index is 6.43. The first-order valence-corrected chi connectivity index (χ1v) is 10.1. The Labute approximate surface area is 149 Å². The summed E-state index contributed by atoms with van der Waals surface area (Å²) in [6.07, 6.45) is 3.86. The molecule has 2 nitrogen and oxygen atoms in total. The van der Waals surface area contributed by atoms with Crippen molar-refractivity contribution in [2.75, 3.05) is 5.75 Å². The highest BCUT2D eigenvalue weighted by molar-refractivity contribution is 14.1. The minimum atomic E-state index is -0.0528. The molecule has 0 spiro atoms. The Hall–Kier alpha value is 0.0600. The Bertz CT molecular complexity index is 640. The van der Waals surface area contributed by atoms with Gasteiger partial charge >= 0.3 is 0 Å². The molecule has 1 aliphatic rings. The Kier molecular flexibility index (Phi) is 5.06. The maximum atomic E-state index is 6.43. The van der Waals surface area contributed by atoms with Crippen LogP contribution in [0.1, 0.15) is 50.4 Å². The fourth-order valence-corrected chi connectivity index (χ4v) is 5.20. The Morgan fingerprint density at radius 2 is 2.29 bits per heavy atom. The van der Waals surface area contributed by atoms with Crippen LogP contribution in [0.4, 0.5) is 0 Å². The third-order valence-corrected chi connectivity index (χ3v) is 6.34. The molecule has 21 heavy (non-hydrogen) atoms. The summed E-state index contributed by atoms with van der Waals surface area (Å²) in [5.74, 6) is 2.21. The largest absolute Gasteiger partial charge is 0.322 e. The summed E-state index contributed by atoms with van der Waals surface area (Å²) in [6, 6.07) is 7.07. The number of alkyl halides is 1. The number of benzene rings is 1. The number of hydrogen-bond donors (Lipinski definition) is 0. The van der Waals surface area contributed by atoms with E-state index in [9.17, 15) is 0 Å². The van der Waals surface area contributed by atoms with E-state index >= 15 is 0 Å². The normalized spacial score (nSPS) is 23.8. The summed E-state index contributed by atoms with van der Waals surface area (Å²) < 4.78 is 3.66.